The Bertz CT molecular complexity index is 380. The fourth-order valence-electron chi connectivity index (χ4n) is 1.53. The molecule has 0 bridgehead atoms. The molecular weight excluding hydrogens is 226 g/mol. The number of nitrogens with zero attached hydrogens (tertiary/aromatic N) is 1. The molecule has 0 aliphatic rings. The summed E-state index contributed by atoms with van der Waals surface area (Å²) >= 11 is 0. The van der Waals surface area contributed by atoms with Gasteiger partial charge in [0.1, 0.15) is 17.2 Å². The van der Waals surface area contributed by atoms with Gasteiger partial charge in [-0.25, -0.2) is 0 Å². The van der Waals surface area contributed by atoms with Crippen LogP contribution in [0.1, 0.15) is 5.56 Å². The van der Waals surface area contributed by atoms with Crippen molar-refractivity contribution in [2.75, 3.05) is 27.9 Å². The maximum atomic E-state index is 10.4. The van der Waals surface area contributed by atoms with Gasteiger partial charge in [0.25, 0.3) is 0 Å². The number of benzene rings is 1. The summed E-state index contributed by atoms with van der Waals surface area (Å²) in [6.45, 7) is -0.168. The van der Waals surface area contributed by atoms with Gasteiger partial charge in [0.05, 0.1) is 21.3 Å². The van der Waals surface area contributed by atoms with E-state index in [1.807, 2.05) is 0 Å². The Labute approximate surface area is 99.2 Å². The Hall–Kier alpha value is -1.98. The predicted molar refractivity (Wildman–Crippen MR) is 61.7 cm³/mol. The lowest BCUT2D eigenvalue weighted by Crippen LogP contribution is -2.07. The van der Waals surface area contributed by atoms with E-state index < -0.39 is 0 Å². The zero-order valence-electron chi connectivity index (χ0n) is 10.1. The van der Waals surface area contributed by atoms with Gasteiger partial charge in [-0.05, 0) is 0 Å². The average Bonchev–Trinajstić information content (AvgIpc) is 2.34. The Morgan fingerprint density at radius 3 is 2.00 bits per heavy atom. The fraction of sp³-hybridized carbons (Fsp3) is 0.455. The van der Waals surface area contributed by atoms with E-state index in [4.69, 9.17) is 14.2 Å². The highest BCUT2D eigenvalue weighted by Gasteiger charge is 2.15. The van der Waals surface area contributed by atoms with Crippen LogP contribution in [0.2, 0.25) is 0 Å². The molecule has 0 unspecified atom stereocenters. The summed E-state index contributed by atoms with van der Waals surface area (Å²) < 4.78 is 15.4. The molecule has 0 aromatic heterocycles. The number of methoxy groups -OCH3 is 3. The van der Waals surface area contributed by atoms with E-state index in [1.165, 1.54) is 21.3 Å². The number of ether oxygens (including phenoxy) is 3. The molecule has 0 N–H and O–H groups in total. The number of hydrogen-bond donors (Lipinski definition) is 0. The van der Waals surface area contributed by atoms with Gasteiger partial charge in [-0.15, -0.1) is 0 Å². The monoisotopic (exact) mass is 241 g/mol. The first kappa shape index (κ1) is 13.1. The van der Waals surface area contributed by atoms with E-state index in [9.17, 15) is 10.1 Å². The van der Waals surface area contributed by atoms with Crippen molar-refractivity contribution in [3.63, 3.8) is 0 Å². The lowest BCUT2D eigenvalue weighted by Gasteiger charge is -2.13. The molecule has 0 atom stereocenters. The molecule has 0 saturated heterocycles. The molecule has 0 saturated carbocycles. The summed E-state index contributed by atoms with van der Waals surface area (Å²) in [6, 6.07) is 3.36. The quantitative estimate of drug-likeness (QED) is 0.558. The van der Waals surface area contributed by atoms with Crippen LogP contribution < -0.4 is 14.2 Å². The summed E-state index contributed by atoms with van der Waals surface area (Å²) in [5, 5.41) is 10.4. The van der Waals surface area contributed by atoms with Gasteiger partial charge in [0.15, 0.2) is 0 Å². The molecule has 0 spiro atoms. The number of nitro groups is 1. The lowest BCUT2D eigenvalue weighted by atomic mass is 10.1. The van der Waals surface area contributed by atoms with Crippen molar-refractivity contribution in [1.29, 1.82) is 0 Å². The minimum atomic E-state index is -0.372. The Kier molecular flexibility index (Phi) is 4.56. The smallest absolute Gasteiger partial charge is 0.208 e. The molecule has 6 nitrogen and oxygen atoms in total. The molecule has 0 radical (unpaired) electrons. The molecule has 94 valence electrons. The van der Waals surface area contributed by atoms with E-state index in [0.717, 1.165) is 0 Å². The van der Waals surface area contributed by atoms with Gasteiger partial charge < -0.3 is 14.2 Å². The fourth-order valence-corrected chi connectivity index (χ4v) is 1.53. The van der Waals surface area contributed by atoms with E-state index in [2.05, 4.69) is 0 Å². The minimum Gasteiger partial charge on any atom is -0.496 e. The normalized spacial score (nSPS) is 9.82. The summed E-state index contributed by atoms with van der Waals surface area (Å²) in [5.41, 5.74) is 0.674. The molecule has 6 heteroatoms. The first-order valence-electron chi connectivity index (χ1n) is 5.03. The van der Waals surface area contributed by atoms with Crippen LogP contribution >= 0.6 is 0 Å². The zero-order chi connectivity index (χ0) is 12.8. The van der Waals surface area contributed by atoms with Crippen molar-refractivity contribution in [2.45, 2.75) is 6.42 Å². The SMILES string of the molecule is COc1cc(OC)c(CC[N+](=O)[O-])c(OC)c1. The zero-order valence-corrected chi connectivity index (χ0v) is 10.1. The number of rotatable bonds is 6. The topological polar surface area (TPSA) is 70.8 Å². The molecule has 0 heterocycles. The lowest BCUT2D eigenvalue weighted by molar-refractivity contribution is -0.479. The first-order valence-corrected chi connectivity index (χ1v) is 5.03. The first-order chi connectivity index (χ1) is 8.12. The third-order valence-electron chi connectivity index (χ3n) is 2.36. The second kappa shape index (κ2) is 5.93. The van der Waals surface area contributed by atoms with E-state index in [0.29, 0.717) is 22.8 Å². The predicted octanol–water partition coefficient (Wildman–Crippen LogP) is 1.53. The van der Waals surface area contributed by atoms with Crippen LogP contribution in [0, 0.1) is 10.1 Å². The van der Waals surface area contributed by atoms with Crippen LogP contribution in [-0.2, 0) is 6.42 Å². The molecule has 1 rings (SSSR count). The van der Waals surface area contributed by atoms with Gasteiger partial charge in [0.2, 0.25) is 6.54 Å². The van der Waals surface area contributed by atoms with Crippen LogP contribution in [0.4, 0.5) is 0 Å². The third-order valence-corrected chi connectivity index (χ3v) is 2.36. The molecule has 0 aliphatic heterocycles. The third kappa shape index (κ3) is 3.24. The van der Waals surface area contributed by atoms with Crippen LogP contribution in [0.15, 0.2) is 12.1 Å². The van der Waals surface area contributed by atoms with Crippen molar-refractivity contribution in [1.82, 2.24) is 0 Å². The summed E-state index contributed by atoms with van der Waals surface area (Å²) in [7, 11) is 4.54. The van der Waals surface area contributed by atoms with Crippen LogP contribution in [-0.4, -0.2) is 32.8 Å². The Morgan fingerprint density at radius 1 is 1.12 bits per heavy atom. The Morgan fingerprint density at radius 2 is 1.65 bits per heavy atom. The second-order valence-electron chi connectivity index (χ2n) is 3.32. The highest BCUT2D eigenvalue weighted by atomic mass is 16.6. The molecule has 0 aliphatic carbocycles. The summed E-state index contributed by atoms with van der Waals surface area (Å²) in [6.07, 6.45) is 0.253. The summed E-state index contributed by atoms with van der Waals surface area (Å²) in [5.74, 6) is 1.65. The molecule has 1 aromatic carbocycles. The van der Waals surface area contributed by atoms with Crippen LogP contribution in [0.3, 0.4) is 0 Å². The van der Waals surface area contributed by atoms with Crippen molar-refractivity contribution in [3.8, 4) is 17.2 Å². The van der Waals surface area contributed by atoms with E-state index in [1.54, 1.807) is 12.1 Å². The van der Waals surface area contributed by atoms with Gasteiger partial charge >= 0.3 is 0 Å². The second-order valence-corrected chi connectivity index (χ2v) is 3.32. The van der Waals surface area contributed by atoms with Crippen molar-refractivity contribution in [3.05, 3.63) is 27.8 Å². The molecular formula is C11H15NO5. The average molecular weight is 241 g/mol. The molecule has 0 fully saturated rings. The van der Waals surface area contributed by atoms with Gasteiger partial charge in [0, 0.05) is 29.0 Å². The van der Waals surface area contributed by atoms with E-state index in [-0.39, 0.29) is 17.9 Å². The highest BCUT2D eigenvalue weighted by Crippen LogP contribution is 2.34. The molecule has 0 amide bonds. The van der Waals surface area contributed by atoms with Crippen molar-refractivity contribution < 1.29 is 19.1 Å². The van der Waals surface area contributed by atoms with Crippen LogP contribution in [0.25, 0.3) is 0 Å². The molecule has 1 aromatic rings. The van der Waals surface area contributed by atoms with Crippen molar-refractivity contribution in [2.24, 2.45) is 0 Å². The van der Waals surface area contributed by atoms with Crippen LogP contribution in [0.5, 0.6) is 17.2 Å². The molecule has 17 heavy (non-hydrogen) atoms. The van der Waals surface area contributed by atoms with Gasteiger partial charge in [-0.1, -0.05) is 0 Å². The maximum Gasteiger partial charge on any atom is 0.208 e. The highest BCUT2D eigenvalue weighted by molar-refractivity contribution is 5.50. The minimum absolute atomic E-state index is 0.168. The standard InChI is InChI=1S/C11H15NO5/c1-15-8-6-10(16-2)9(4-5-12(13)14)11(7-8)17-3/h6-7H,4-5H2,1-3H3. The largest absolute Gasteiger partial charge is 0.496 e. The Balaban J connectivity index is 3.10. The summed E-state index contributed by atoms with van der Waals surface area (Å²) in [4.78, 5) is 10.0. The van der Waals surface area contributed by atoms with E-state index >= 15 is 0 Å². The van der Waals surface area contributed by atoms with Gasteiger partial charge in [-0.2, -0.15) is 0 Å². The van der Waals surface area contributed by atoms with Gasteiger partial charge in [-0.3, -0.25) is 10.1 Å². The maximum absolute atomic E-state index is 10.4. The van der Waals surface area contributed by atoms with Crippen molar-refractivity contribution >= 4 is 0 Å². The number of hydrogen-bond acceptors (Lipinski definition) is 5.